The minimum atomic E-state index is -0.0317. The molecule has 1 saturated heterocycles. The SMILES string of the molecule is CC(C)OCCCNC(=O)N(C)Cc1ccccc1N1CCCC1. The van der Waals surface area contributed by atoms with E-state index in [4.69, 9.17) is 4.74 Å². The first kappa shape index (κ1) is 18.6. The number of ether oxygens (including phenoxy) is 1. The second-order valence-electron chi connectivity index (χ2n) is 6.68. The van der Waals surface area contributed by atoms with Crippen molar-refractivity contribution >= 4 is 11.7 Å². The second-order valence-corrected chi connectivity index (χ2v) is 6.68. The third-order valence-corrected chi connectivity index (χ3v) is 4.24. The summed E-state index contributed by atoms with van der Waals surface area (Å²) in [5, 5.41) is 2.96. The van der Waals surface area contributed by atoms with E-state index >= 15 is 0 Å². The lowest BCUT2D eigenvalue weighted by molar-refractivity contribution is 0.0772. The first-order valence-corrected chi connectivity index (χ1v) is 9.01. The molecule has 0 aromatic heterocycles. The number of nitrogens with zero attached hydrogens (tertiary/aromatic N) is 2. The first-order valence-electron chi connectivity index (χ1n) is 9.01. The van der Waals surface area contributed by atoms with Crippen molar-refractivity contribution in [1.29, 1.82) is 0 Å². The van der Waals surface area contributed by atoms with Gasteiger partial charge in [-0.1, -0.05) is 18.2 Å². The van der Waals surface area contributed by atoms with Gasteiger partial charge in [0.15, 0.2) is 0 Å². The van der Waals surface area contributed by atoms with E-state index in [1.165, 1.54) is 24.1 Å². The molecule has 5 heteroatoms. The Labute approximate surface area is 146 Å². The van der Waals surface area contributed by atoms with E-state index in [0.717, 1.165) is 19.5 Å². The van der Waals surface area contributed by atoms with E-state index in [2.05, 4.69) is 28.4 Å². The van der Waals surface area contributed by atoms with Crippen LogP contribution in [0.3, 0.4) is 0 Å². The average Bonchev–Trinajstić information content (AvgIpc) is 3.08. The number of anilines is 1. The maximum atomic E-state index is 12.2. The Morgan fingerprint density at radius 3 is 2.71 bits per heavy atom. The monoisotopic (exact) mass is 333 g/mol. The molecule has 1 aliphatic heterocycles. The van der Waals surface area contributed by atoms with Crippen LogP contribution >= 0.6 is 0 Å². The maximum absolute atomic E-state index is 12.2. The summed E-state index contributed by atoms with van der Waals surface area (Å²) in [4.78, 5) is 16.4. The van der Waals surface area contributed by atoms with Crippen molar-refractivity contribution in [3.05, 3.63) is 29.8 Å². The van der Waals surface area contributed by atoms with Crippen LogP contribution < -0.4 is 10.2 Å². The summed E-state index contributed by atoms with van der Waals surface area (Å²) in [5.74, 6) is 0. The number of hydrogen-bond acceptors (Lipinski definition) is 3. The zero-order valence-corrected chi connectivity index (χ0v) is 15.3. The van der Waals surface area contributed by atoms with Crippen LogP contribution in [0.5, 0.6) is 0 Å². The van der Waals surface area contributed by atoms with Gasteiger partial charge in [0.1, 0.15) is 0 Å². The molecule has 0 bridgehead atoms. The van der Waals surface area contributed by atoms with Crippen molar-refractivity contribution in [1.82, 2.24) is 10.2 Å². The van der Waals surface area contributed by atoms with Gasteiger partial charge in [-0.05, 0) is 44.7 Å². The summed E-state index contributed by atoms with van der Waals surface area (Å²) in [7, 11) is 1.85. The van der Waals surface area contributed by atoms with Gasteiger partial charge in [0.05, 0.1) is 6.10 Å². The van der Waals surface area contributed by atoms with Crippen LogP contribution in [0.2, 0.25) is 0 Å². The summed E-state index contributed by atoms with van der Waals surface area (Å²) in [5.41, 5.74) is 2.47. The lowest BCUT2D eigenvalue weighted by Gasteiger charge is -2.24. The number of carbonyl (C=O) groups excluding carboxylic acids is 1. The number of benzene rings is 1. The van der Waals surface area contributed by atoms with Crippen molar-refractivity contribution in [3.63, 3.8) is 0 Å². The molecule has 0 saturated carbocycles. The Morgan fingerprint density at radius 2 is 2.00 bits per heavy atom. The van der Waals surface area contributed by atoms with Crippen molar-refractivity contribution in [3.8, 4) is 0 Å². The van der Waals surface area contributed by atoms with Gasteiger partial charge in [-0.25, -0.2) is 4.79 Å². The number of hydrogen-bond donors (Lipinski definition) is 1. The highest BCUT2D eigenvalue weighted by molar-refractivity contribution is 5.74. The molecule has 1 aromatic carbocycles. The van der Waals surface area contributed by atoms with Crippen LogP contribution in [0.4, 0.5) is 10.5 Å². The Morgan fingerprint density at radius 1 is 1.29 bits per heavy atom. The molecule has 1 N–H and O–H groups in total. The molecule has 1 aromatic rings. The Bertz CT molecular complexity index is 513. The Balaban J connectivity index is 1.81. The predicted octanol–water partition coefficient (Wildman–Crippen LogP) is 3.24. The summed E-state index contributed by atoms with van der Waals surface area (Å²) in [6.07, 6.45) is 3.58. The summed E-state index contributed by atoms with van der Waals surface area (Å²) >= 11 is 0. The first-order chi connectivity index (χ1) is 11.6. The molecule has 5 nitrogen and oxygen atoms in total. The fraction of sp³-hybridized carbons (Fsp3) is 0.632. The van der Waals surface area contributed by atoms with E-state index in [1.807, 2.05) is 27.0 Å². The second kappa shape index (κ2) is 9.52. The van der Waals surface area contributed by atoms with E-state index in [1.54, 1.807) is 4.90 Å². The van der Waals surface area contributed by atoms with Gasteiger partial charge >= 0.3 is 6.03 Å². The number of para-hydroxylation sites is 1. The molecule has 134 valence electrons. The van der Waals surface area contributed by atoms with Gasteiger partial charge in [0.2, 0.25) is 0 Å². The normalized spacial score (nSPS) is 14.2. The van der Waals surface area contributed by atoms with E-state index in [-0.39, 0.29) is 12.1 Å². The molecule has 1 fully saturated rings. The van der Waals surface area contributed by atoms with E-state index in [0.29, 0.717) is 19.7 Å². The van der Waals surface area contributed by atoms with Crippen molar-refractivity contribution in [2.75, 3.05) is 38.2 Å². The number of rotatable bonds is 8. The van der Waals surface area contributed by atoms with Crippen LogP contribution in [0.1, 0.15) is 38.7 Å². The molecule has 0 atom stereocenters. The molecule has 2 amide bonds. The smallest absolute Gasteiger partial charge is 0.317 e. The predicted molar refractivity (Wildman–Crippen MR) is 98.5 cm³/mol. The number of urea groups is 1. The van der Waals surface area contributed by atoms with Crippen LogP contribution in [0.25, 0.3) is 0 Å². The zero-order chi connectivity index (χ0) is 17.4. The molecular formula is C19H31N3O2. The van der Waals surface area contributed by atoms with E-state index in [9.17, 15) is 4.79 Å². The molecule has 0 aliphatic carbocycles. The van der Waals surface area contributed by atoms with Crippen molar-refractivity contribution in [2.24, 2.45) is 0 Å². The fourth-order valence-corrected chi connectivity index (χ4v) is 2.96. The Hall–Kier alpha value is -1.75. The zero-order valence-electron chi connectivity index (χ0n) is 15.3. The summed E-state index contributed by atoms with van der Waals surface area (Å²) in [6.45, 7) is 8.21. The largest absolute Gasteiger partial charge is 0.379 e. The number of nitrogens with one attached hydrogen (secondary N) is 1. The molecule has 1 aliphatic rings. The van der Waals surface area contributed by atoms with Gasteiger partial charge in [-0.3, -0.25) is 0 Å². The highest BCUT2D eigenvalue weighted by atomic mass is 16.5. The average molecular weight is 333 g/mol. The maximum Gasteiger partial charge on any atom is 0.317 e. The third kappa shape index (κ3) is 5.71. The topological polar surface area (TPSA) is 44.8 Å². The van der Waals surface area contributed by atoms with Crippen LogP contribution in [0.15, 0.2) is 24.3 Å². The van der Waals surface area contributed by atoms with Crippen molar-refractivity contribution in [2.45, 2.75) is 45.8 Å². The van der Waals surface area contributed by atoms with Gasteiger partial charge in [-0.2, -0.15) is 0 Å². The molecule has 0 spiro atoms. The quantitative estimate of drug-likeness (QED) is 0.743. The minimum absolute atomic E-state index is 0.0317. The molecule has 2 rings (SSSR count). The number of amides is 2. The molecule has 0 unspecified atom stereocenters. The highest BCUT2D eigenvalue weighted by Crippen LogP contribution is 2.25. The van der Waals surface area contributed by atoms with Crippen LogP contribution in [-0.2, 0) is 11.3 Å². The third-order valence-electron chi connectivity index (χ3n) is 4.24. The van der Waals surface area contributed by atoms with Gasteiger partial charge in [0, 0.05) is 45.5 Å². The lowest BCUT2D eigenvalue weighted by atomic mass is 10.1. The lowest BCUT2D eigenvalue weighted by Crippen LogP contribution is -2.38. The van der Waals surface area contributed by atoms with Crippen molar-refractivity contribution < 1.29 is 9.53 Å². The molecular weight excluding hydrogens is 302 g/mol. The van der Waals surface area contributed by atoms with Gasteiger partial charge < -0.3 is 19.9 Å². The molecule has 0 radical (unpaired) electrons. The van der Waals surface area contributed by atoms with E-state index < -0.39 is 0 Å². The Kier molecular flexibility index (Phi) is 7.37. The van der Waals surface area contributed by atoms with Crippen LogP contribution in [0, 0.1) is 0 Å². The van der Waals surface area contributed by atoms with Crippen LogP contribution in [-0.4, -0.2) is 50.3 Å². The molecule has 1 heterocycles. The minimum Gasteiger partial charge on any atom is -0.379 e. The fourth-order valence-electron chi connectivity index (χ4n) is 2.96. The number of carbonyl (C=O) groups is 1. The summed E-state index contributed by atoms with van der Waals surface area (Å²) < 4.78 is 5.48. The standard InChI is InChI=1S/C19H31N3O2/c1-16(2)24-14-8-11-20-19(23)21(3)15-17-9-4-5-10-18(17)22-12-6-7-13-22/h4-5,9-10,16H,6-8,11-15H2,1-3H3,(H,20,23). The van der Waals surface area contributed by atoms with Gasteiger partial charge in [-0.15, -0.1) is 0 Å². The van der Waals surface area contributed by atoms with Gasteiger partial charge in [0.25, 0.3) is 0 Å². The highest BCUT2D eigenvalue weighted by Gasteiger charge is 2.17. The summed E-state index contributed by atoms with van der Waals surface area (Å²) in [6, 6.07) is 8.37. The molecule has 24 heavy (non-hydrogen) atoms.